The van der Waals surface area contributed by atoms with Crippen LogP contribution in [0.25, 0.3) is 0 Å². The van der Waals surface area contributed by atoms with E-state index in [1.807, 2.05) is 0 Å². The first-order valence-corrected chi connectivity index (χ1v) is 9.49. The molecule has 0 spiro atoms. The lowest BCUT2D eigenvalue weighted by Crippen LogP contribution is -2.53. The fourth-order valence-electron chi connectivity index (χ4n) is 2.66. The van der Waals surface area contributed by atoms with Gasteiger partial charge in [-0.1, -0.05) is 12.1 Å². The van der Waals surface area contributed by atoms with Crippen LogP contribution in [0.3, 0.4) is 0 Å². The van der Waals surface area contributed by atoms with Crippen molar-refractivity contribution in [1.82, 2.24) is 10.6 Å². The molecule has 0 aromatic heterocycles. The highest BCUT2D eigenvalue weighted by Crippen LogP contribution is 2.12. The molecule has 0 saturated carbocycles. The van der Waals surface area contributed by atoms with E-state index in [9.17, 15) is 39.6 Å². The van der Waals surface area contributed by atoms with E-state index in [4.69, 9.17) is 0 Å². The van der Waals surface area contributed by atoms with E-state index in [0.29, 0.717) is 5.56 Å². The summed E-state index contributed by atoms with van der Waals surface area (Å²) in [6, 6.07) is 2.18. The lowest BCUT2D eigenvalue weighted by Gasteiger charge is -2.22. The number of aliphatic carboxylic acids is 2. The summed E-state index contributed by atoms with van der Waals surface area (Å²) >= 11 is 0. The SMILES string of the molecule is C[C@H](N[C@@H](CC(=O)CC[C@@H](C)O)C(=O)O)C(=O)N[C@@H](Cc1ccc(O)cc1)C(=O)O. The van der Waals surface area contributed by atoms with Crippen LogP contribution in [-0.4, -0.2) is 68.3 Å². The molecule has 0 fully saturated rings. The van der Waals surface area contributed by atoms with Crippen molar-refractivity contribution in [1.29, 1.82) is 0 Å². The van der Waals surface area contributed by atoms with Crippen molar-refractivity contribution in [3.05, 3.63) is 29.8 Å². The second kappa shape index (κ2) is 11.9. The van der Waals surface area contributed by atoms with Crippen molar-refractivity contribution in [2.75, 3.05) is 0 Å². The number of benzene rings is 1. The fourth-order valence-corrected chi connectivity index (χ4v) is 2.66. The van der Waals surface area contributed by atoms with Gasteiger partial charge in [-0.3, -0.25) is 19.7 Å². The Labute approximate surface area is 173 Å². The number of Topliss-reactive ketones (excluding diaryl/α,β-unsaturated/α-hetero) is 1. The minimum Gasteiger partial charge on any atom is -0.508 e. The molecule has 10 heteroatoms. The van der Waals surface area contributed by atoms with Crippen LogP contribution in [0.5, 0.6) is 5.75 Å². The van der Waals surface area contributed by atoms with Gasteiger partial charge in [-0.25, -0.2) is 4.79 Å². The Morgan fingerprint density at radius 1 is 0.967 bits per heavy atom. The van der Waals surface area contributed by atoms with Crippen LogP contribution in [-0.2, 0) is 25.6 Å². The number of hydrogen-bond acceptors (Lipinski definition) is 7. The number of amides is 1. The molecule has 1 aromatic carbocycles. The monoisotopic (exact) mass is 424 g/mol. The molecule has 0 bridgehead atoms. The van der Waals surface area contributed by atoms with Crippen LogP contribution in [0.15, 0.2) is 24.3 Å². The van der Waals surface area contributed by atoms with E-state index in [-0.39, 0.29) is 37.2 Å². The van der Waals surface area contributed by atoms with Gasteiger partial charge in [0.2, 0.25) is 5.91 Å². The summed E-state index contributed by atoms with van der Waals surface area (Å²) in [6.07, 6.45) is -0.864. The van der Waals surface area contributed by atoms with Crippen LogP contribution in [0, 0.1) is 0 Å². The molecule has 166 valence electrons. The maximum atomic E-state index is 12.4. The third-order valence-electron chi connectivity index (χ3n) is 4.41. The van der Waals surface area contributed by atoms with Crippen molar-refractivity contribution in [3.63, 3.8) is 0 Å². The number of ketones is 1. The number of carboxylic acids is 2. The van der Waals surface area contributed by atoms with Crippen LogP contribution in [0.4, 0.5) is 0 Å². The number of carbonyl (C=O) groups excluding carboxylic acids is 2. The van der Waals surface area contributed by atoms with Gasteiger partial charge in [0.1, 0.15) is 23.6 Å². The van der Waals surface area contributed by atoms with E-state index in [1.165, 1.54) is 38.1 Å². The normalized spacial score (nSPS) is 14.9. The first kappa shape index (κ1) is 25.1. The third kappa shape index (κ3) is 9.01. The minimum absolute atomic E-state index is 0.0113. The number of nitrogens with one attached hydrogen (secondary N) is 2. The molecule has 1 aromatic rings. The van der Waals surface area contributed by atoms with Gasteiger partial charge in [0.25, 0.3) is 0 Å². The zero-order valence-electron chi connectivity index (χ0n) is 16.9. The second-order valence-electron chi connectivity index (χ2n) is 7.18. The third-order valence-corrected chi connectivity index (χ3v) is 4.41. The van der Waals surface area contributed by atoms with Gasteiger partial charge in [-0.15, -0.1) is 0 Å². The van der Waals surface area contributed by atoms with Crippen molar-refractivity contribution in [2.24, 2.45) is 0 Å². The van der Waals surface area contributed by atoms with E-state index in [0.717, 1.165) is 0 Å². The highest BCUT2D eigenvalue weighted by atomic mass is 16.4. The molecule has 10 nitrogen and oxygen atoms in total. The predicted octanol–water partition coefficient (Wildman–Crippen LogP) is 0.0556. The summed E-state index contributed by atoms with van der Waals surface area (Å²) in [5, 5.41) is 42.1. The molecule has 1 amide bonds. The van der Waals surface area contributed by atoms with Gasteiger partial charge in [0.05, 0.1) is 12.1 Å². The average Bonchev–Trinajstić information content (AvgIpc) is 2.66. The van der Waals surface area contributed by atoms with Crippen LogP contribution >= 0.6 is 0 Å². The summed E-state index contributed by atoms with van der Waals surface area (Å²) in [6.45, 7) is 2.88. The Kier molecular flexibility index (Phi) is 9.93. The Hall–Kier alpha value is -2.98. The highest BCUT2D eigenvalue weighted by Gasteiger charge is 2.28. The molecule has 0 radical (unpaired) electrons. The fraction of sp³-hybridized carbons (Fsp3) is 0.500. The smallest absolute Gasteiger partial charge is 0.326 e. The standard InChI is InChI=1S/C20H28N2O8/c1-11(23)3-6-15(25)10-17(20(29)30)21-12(2)18(26)22-16(19(27)28)9-13-4-7-14(24)8-5-13/h4-5,7-8,11-12,16-17,21,23-24H,3,6,9-10H2,1-2H3,(H,22,26)(H,27,28)(H,29,30)/t11-,12+,16+,17+/m1/s1. The molecular formula is C20H28N2O8. The summed E-state index contributed by atoms with van der Waals surface area (Å²) in [4.78, 5) is 47.2. The Morgan fingerprint density at radius 3 is 2.03 bits per heavy atom. The van der Waals surface area contributed by atoms with Crippen LogP contribution in [0.1, 0.15) is 38.7 Å². The molecule has 0 aliphatic carbocycles. The van der Waals surface area contributed by atoms with Gasteiger partial charge in [-0.2, -0.15) is 0 Å². The van der Waals surface area contributed by atoms with Crippen LogP contribution in [0.2, 0.25) is 0 Å². The van der Waals surface area contributed by atoms with E-state index >= 15 is 0 Å². The predicted molar refractivity (Wildman–Crippen MR) is 106 cm³/mol. The first-order chi connectivity index (χ1) is 14.0. The lowest BCUT2D eigenvalue weighted by atomic mass is 10.0. The van der Waals surface area contributed by atoms with E-state index in [2.05, 4.69) is 10.6 Å². The Bertz CT molecular complexity index is 748. The molecule has 0 saturated heterocycles. The first-order valence-electron chi connectivity index (χ1n) is 9.49. The Morgan fingerprint density at radius 2 is 1.53 bits per heavy atom. The van der Waals surface area contributed by atoms with Gasteiger partial charge >= 0.3 is 11.9 Å². The molecule has 30 heavy (non-hydrogen) atoms. The molecule has 1 rings (SSSR count). The van der Waals surface area contributed by atoms with E-state index in [1.54, 1.807) is 0 Å². The zero-order chi connectivity index (χ0) is 22.8. The number of aliphatic hydroxyl groups is 1. The summed E-state index contributed by atoms with van der Waals surface area (Å²) in [7, 11) is 0. The maximum absolute atomic E-state index is 12.4. The van der Waals surface area contributed by atoms with Crippen molar-refractivity contribution in [2.45, 2.75) is 63.8 Å². The number of phenols is 1. The summed E-state index contributed by atoms with van der Waals surface area (Å²) in [5.41, 5.74) is 0.577. The number of carbonyl (C=O) groups is 4. The number of aliphatic hydroxyl groups excluding tert-OH is 1. The van der Waals surface area contributed by atoms with E-state index < -0.39 is 42.1 Å². The average molecular weight is 424 g/mol. The lowest BCUT2D eigenvalue weighted by molar-refractivity contribution is -0.143. The molecule has 0 heterocycles. The zero-order valence-corrected chi connectivity index (χ0v) is 16.9. The summed E-state index contributed by atoms with van der Waals surface area (Å²) < 4.78 is 0. The molecule has 4 atom stereocenters. The topological polar surface area (TPSA) is 173 Å². The molecule has 0 aliphatic rings. The maximum Gasteiger partial charge on any atom is 0.326 e. The Balaban J connectivity index is 2.69. The minimum atomic E-state index is -1.33. The molecule has 0 unspecified atom stereocenters. The number of carboxylic acid groups (broad SMARTS) is 2. The quantitative estimate of drug-likeness (QED) is 0.256. The molecular weight excluding hydrogens is 396 g/mol. The van der Waals surface area contributed by atoms with Gasteiger partial charge in [-0.05, 0) is 38.0 Å². The van der Waals surface area contributed by atoms with Gasteiger partial charge in [0.15, 0.2) is 0 Å². The van der Waals surface area contributed by atoms with Crippen molar-refractivity contribution >= 4 is 23.6 Å². The highest BCUT2D eigenvalue weighted by molar-refractivity contribution is 5.89. The van der Waals surface area contributed by atoms with Crippen molar-refractivity contribution in [3.8, 4) is 5.75 Å². The molecule has 0 aliphatic heterocycles. The number of rotatable bonds is 13. The second-order valence-corrected chi connectivity index (χ2v) is 7.18. The van der Waals surface area contributed by atoms with Crippen molar-refractivity contribution < 1.29 is 39.6 Å². The number of aromatic hydroxyl groups is 1. The van der Waals surface area contributed by atoms with Crippen LogP contribution < -0.4 is 10.6 Å². The number of hydrogen-bond donors (Lipinski definition) is 6. The van der Waals surface area contributed by atoms with Gasteiger partial charge in [0, 0.05) is 19.3 Å². The number of phenolic OH excluding ortho intramolecular Hbond substituents is 1. The van der Waals surface area contributed by atoms with Gasteiger partial charge < -0.3 is 25.7 Å². The largest absolute Gasteiger partial charge is 0.508 e. The molecule has 6 N–H and O–H groups in total. The summed E-state index contributed by atoms with van der Waals surface area (Å²) in [5.74, 6) is -3.68.